The number of hydrogen-bond acceptors (Lipinski definition) is 6. The molecule has 2 aromatic carbocycles. The Kier molecular flexibility index (Phi) is 17.9. The van der Waals surface area contributed by atoms with Gasteiger partial charge in [-0.2, -0.15) is 0 Å². The summed E-state index contributed by atoms with van der Waals surface area (Å²) in [7, 11) is 0. The molecule has 0 unspecified atom stereocenters. The lowest BCUT2D eigenvalue weighted by Crippen LogP contribution is -2.07. The fourth-order valence-corrected chi connectivity index (χ4v) is 15.3. The van der Waals surface area contributed by atoms with Gasteiger partial charge in [-0.15, -0.1) is 22.7 Å². The van der Waals surface area contributed by atoms with Gasteiger partial charge in [0.15, 0.2) is 0 Å². The maximum Gasteiger partial charge on any atom is 0.0707 e. The van der Waals surface area contributed by atoms with Gasteiger partial charge in [0, 0.05) is 47.0 Å². The molecule has 3 aromatic heterocycles. The second-order valence-corrected chi connectivity index (χ2v) is 23.1. The van der Waals surface area contributed by atoms with Crippen LogP contribution in [0.1, 0.15) is 183 Å². The summed E-state index contributed by atoms with van der Waals surface area (Å²) in [4.78, 5) is 9.49. The Morgan fingerprint density at radius 2 is 1.00 bits per heavy atom. The first-order valence-corrected chi connectivity index (χ1v) is 27.9. The third kappa shape index (κ3) is 11.7. The molecule has 0 bridgehead atoms. The number of thiophene rings is 2. The zero-order chi connectivity index (χ0) is 41.8. The molecular formula is C53H69NS6. The van der Waals surface area contributed by atoms with Crippen molar-refractivity contribution < 1.29 is 0 Å². The van der Waals surface area contributed by atoms with E-state index in [0.717, 1.165) is 32.0 Å². The first-order valence-electron chi connectivity index (χ1n) is 23.8. The van der Waals surface area contributed by atoms with Gasteiger partial charge in [0.2, 0.25) is 0 Å². The minimum atomic E-state index is 0.821. The predicted octanol–water partition coefficient (Wildman–Crippen LogP) is 19.4. The number of fused-ring (bicyclic) bond motifs is 5. The van der Waals surface area contributed by atoms with Gasteiger partial charge in [-0.1, -0.05) is 227 Å². The molecule has 0 spiro atoms. The minimum Gasteiger partial charge on any atom is -0.339 e. The van der Waals surface area contributed by atoms with E-state index in [4.69, 9.17) is 24.4 Å². The summed E-state index contributed by atoms with van der Waals surface area (Å²) in [5, 5.41) is 0. The number of thiocarbonyl (C=S) groups is 2. The number of rotatable bonds is 26. The summed E-state index contributed by atoms with van der Waals surface area (Å²) in [5.41, 5.74) is 7.80. The molecule has 7 heteroatoms. The normalized spacial score (nSPS) is 15.2. The van der Waals surface area contributed by atoms with Crippen molar-refractivity contribution in [2.75, 3.05) is 0 Å². The van der Waals surface area contributed by atoms with Crippen LogP contribution in [0.5, 0.6) is 0 Å². The maximum atomic E-state index is 6.12. The van der Waals surface area contributed by atoms with Crippen LogP contribution in [0.3, 0.4) is 0 Å². The first-order chi connectivity index (χ1) is 29.4. The highest BCUT2D eigenvalue weighted by molar-refractivity contribution is 8.10. The fraction of sp³-hybridized carbons (Fsp3) is 0.547. The Labute approximate surface area is 390 Å². The molecule has 1 nitrogen and oxygen atoms in total. The molecule has 0 N–H and O–H groups in total. The average molecular weight is 913 g/mol. The van der Waals surface area contributed by atoms with Gasteiger partial charge in [-0.25, -0.2) is 0 Å². The third-order valence-electron chi connectivity index (χ3n) is 13.0. The van der Waals surface area contributed by atoms with Crippen molar-refractivity contribution in [3.05, 3.63) is 79.9 Å². The highest BCUT2D eigenvalue weighted by Crippen LogP contribution is 2.52. The lowest BCUT2D eigenvalue weighted by Gasteiger charge is -2.18. The molecular weight excluding hydrogens is 843 g/mol. The first kappa shape index (κ1) is 46.3. The van der Waals surface area contributed by atoms with Crippen molar-refractivity contribution in [2.24, 2.45) is 5.92 Å². The maximum absolute atomic E-state index is 6.12. The molecule has 0 fully saturated rings. The van der Waals surface area contributed by atoms with E-state index >= 15 is 0 Å². The molecule has 7 rings (SSSR count). The quantitative estimate of drug-likeness (QED) is 0.0309. The van der Waals surface area contributed by atoms with Gasteiger partial charge in [-0.3, -0.25) is 0 Å². The van der Waals surface area contributed by atoms with E-state index in [9.17, 15) is 0 Å². The van der Waals surface area contributed by atoms with Gasteiger partial charge in [0.05, 0.1) is 30.2 Å². The van der Waals surface area contributed by atoms with E-state index in [1.165, 1.54) is 210 Å². The number of allylic oxidation sites excluding steroid dienone is 2. The van der Waals surface area contributed by atoms with Gasteiger partial charge in [0.1, 0.15) is 0 Å². The zero-order valence-corrected chi connectivity index (χ0v) is 42.0. The molecule has 2 aliphatic heterocycles. The topological polar surface area (TPSA) is 4.93 Å². The summed E-state index contributed by atoms with van der Waals surface area (Å²) in [6.45, 7) is 10.2. The minimum absolute atomic E-state index is 0.821. The van der Waals surface area contributed by atoms with Crippen LogP contribution >= 0.6 is 70.6 Å². The Hall–Kier alpha value is -1.74. The van der Waals surface area contributed by atoms with Crippen LogP contribution in [-0.4, -0.2) is 14.3 Å². The predicted molar refractivity (Wildman–Crippen MR) is 280 cm³/mol. The van der Waals surface area contributed by atoms with Crippen LogP contribution in [0.2, 0.25) is 0 Å². The SMILES string of the molecule is CCCCCCCCCCCCC(CCCCCCCCCCCC)CCn1c2cc(C)sc2c2sc(-c3ccc4c(c3)S/C(=C3/Sc5cc(C)ccc5C3=S)C4=S)cc21. The Bertz CT molecular complexity index is 2220. The smallest absolute Gasteiger partial charge is 0.0707 e. The number of unbranched alkanes of at least 4 members (excludes halogenated alkanes) is 18. The fourth-order valence-electron chi connectivity index (χ4n) is 9.41. The summed E-state index contributed by atoms with van der Waals surface area (Å²) in [6.07, 6.45) is 32.5. The molecule has 5 aromatic rings. The van der Waals surface area contributed by atoms with Crippen LogP contribution in [0.25, 0.3) is 30.9 Å². The summed E-state index contributed by atoms with van der Waals surface area (Å²) in [6, 6.07) is 18.5. The molecule has 0 saturated carbocycles. The van der Waals surface area contributed by atoms with E-state index < -0.39 is 0 Å². The number of thioether (sulfide) groups is 2. The molecule has 0 atom stereocenters. The van der Waals surface area contributed by atoms with Crippen LogP contribution in [0, 0.1) is 19.8 Å². The lowest BCUT2D eigenvalue weighted by atomic mass is 9.91. The number of hydrogen-bond donors (Lipinski definition) is 0. The van der Waals surface area contributed by atoms with E-state index in [1.807, 2.05) is 34.4 Å². The van der Waals surface area contributed by atoms with Crippen molar-refractivity contribution in [1.29, 1.82) is 0 Å². The largest absolute Gasteiger partial charge is 0.339 e. The number of aryl methyl sites for hydroxylation is 3. The van der Waals surface area contributed by atoms with Gasteiger partial charge in [0.25, 0.3) is 0 Å². The van der Waals surface area contributed by atoms with E-state index in [-0.39, 0.29) is 0 Å². The van der Waals surface area contributed by atoms with Crippen LogP contribution in [-0.2, 0) is 6.54 Å². The number of aromatic nitrogens is 1. The molecule has 0 radical (unpaired) electrons. The average Bonchev–Trinajstić information content (AvgIpc) is 4.05. The lowest BCUT2D eigenvalue weighted by molar-refractivity contribution is 0.364. The molecule has 60 heavy (non-hydrogen) atoms. The number of nitrogens with zero attached hydrogens (tertiary/aromatic N) is 1. The Morgan fingerprint density at radius 1 is 0.517 bits per heavy atom. The zero-order valence-electron chi connectivity index (χ0n) is 37.1. The highest BCUT2D eigenvalue weighted by Gasteiger charge is 2.32. The Morgan fingerprint density at radius 3 is 1.57 bits per heavy atom. The molecule has 0 aliphatic carbocycles. The van der Waals surface area contributed by atoms with Gasteiger partial charge >= 0.3 is 0 Å². The monoisotopic (exact) mass is 911 g/mol. The standard InChI is InChI=1S/C53H69NS6/c1-5-7-9-11-13-15-17-19-21-23-25-39(26-24-22-20-18-16-14-12-10-8-6-2)31-32-54-43-34-38(4)57-50(43)51-44(54)36-45(58-51)40-28-30-42-47(35-40)60-53(49(42)56)52-48(55)41-29-27-37(3)33-46(41)59-52/h27-30,33-36,39H,5-26,31-32H2,1-4H3/b53-52+. The molecule has 322 valence electrons. The van der Waals surface area contributed by atoms with E-state index in [0.29, 0.717) is 0 Å². The van der Waals surface area contributed by atoms with Crippen LogP contribution in [0.15, 0.2) is 68.1 Å². The highest BCUT2D eigenvalue weighted by atomic mass is 32.2. The van der Waals surface area contributed by atoms with Crippen molar-refractivity contribution in [2.45, 2.75) is 192 Å². The van der Waals surface area contributed by atoms with E-state index in [1.54, 1.807) is 11.8 Å². The summed E-state index contributed by atoms with van der Waals surface area (Å²) < 4.78 is 5.65. The van der Waals surface area contributed by atoms with Crippen molar-refractivity contribution in [1.82, 2.24) is 4.57 Å². The van der Waals surface area contributed by atoms with Crippen LogP contribution < -0.4 is 0 Å². The van der Waals surface area contributed by atoms with Gasteiger partial charge < -0.3 is 4.57 Å². The third-order valence-corrected chi connectivity index (χ3v) is 18.9. The number of benzene rings is 2. The molecule has 5 heterocycles. The van der Waals surface area contributed by atoms with E-state index in [2.05, 4.69) is 80.8 Å². The molecule has 0 saturated heterocycles. The van der Waals surface area contributed by atoms with Crippen molar-refractivity contribution >= 4 is 101 Å². The second kappa shape index (κ2) is 23.3. The molecule has 0 amide bonds. The van der Waals surface area contributed by atoms with Crippen molar-refractivity contribution in [3.8, 4) is 10.4 Å². The Balaban J connectivity index is 1.01. The molecule has 2 aliphatic rings. The summed E-state index contributed by atoms with van der Waals surface area (Å²) >= 11 is 19.7. The van der Waals surface area contributed by atoms with Gasteiger partial charge in [-0.05, 0) is 61.6 Å². The summed E-state index contributed by atoms with van der Waals surface area (Å²) in [5.74, 6) is 0.821. The second-order valence-electron chi connectivity index (χ2n) is 17.9. The van der Waals surface area contributed by atoms with Crippen LogP contribution in [0.4, 0.5) is 0 Å². The van der Waals surface area contributed by atoms with Crippen molar-refractivity contribution in [3.63, 3.8) is 0 Å².